The zero-order chi connectivity index (χ0) is 22.1. The van der Waals surface area contributed by atoms with E-state index in [2.05, 4.69) is 11.1 Å². The molecule has 2 aliphatic heterocycles. The third-order valence-electron chi connectivity index (χ3n) is 5.93. The summed E-state index contributed by atoms with van der Waals surface area (Å²) < 4.78 is 19.4. The van der Waals surface area contributed by atoms with E-state index >= 15 is 0 Å². The molecule has 6 nitrogen and oxygen atoms in total. The van der Waals surface area contributed by atoms with E-state index in [4.69, 9.17) is 10.00 Å². The van der Waals surface area contributed by atoms with Crippen molar-refractivity contribution in [3.8, 4) is 22.9 Å². The molecule has 0 bridgehead atoms. The standard InChI is InChI=1S/C25H21FN4O2/c26-21-3-1-2-18(11-21)10-19-15-29(16-19)25(31)30-8-9-32-24-22(13-28-14-23(24)30)20-6-4-17(12-27)5-7-20/h1-7,11,13-14,19H,8-10,15-16H2. The van der Waals surface area contributed by atoms with Crippen LogP contribution in [0, 0.1) is 23.1 Å². The summed E-state index contributed by atoms with van der Waals surface area (Å²) in [6.07, 6.45) is 4.13. The van der Waals surface area contributed by atoms with Crippen molar-refractivity contribution >= 4 is 11.7 Å². The molecular formula is C25H21FN4O2. The number of carbonyl (C=O) groups is 1. The topological polar surface area (TPSA) is 69.5 Å². The Bertz CT molecular complexity index is 1200. The second-order valence-electron chi connectivity index (χ2n) is 8.11. The Labute approximate surface area is 185 Å². The van der Waals surface area contributed by atoms with Gasteiger partial charge in [0.15, 0.2) is 5.75 Å². The number of ether oxygens (including phenoxy) is 1. The van der Waals surface area contributed by atoms with E-state index in [0.717, 1.165) is 23.1 Å². The van der Waals surface area contributed by atoms with Crippen LogP contribution in [0.15, 0.2) is 60.9 Å². The van der Waals surface area contributed by atoms with Gasteiger partial charge in [-0.3, -0.25) is 9.88 Å². The van der Waals surface area contributed by atoms with Gasteiger partial charge >= 0.3 is 6.03 Å². The van der Waals surface area contributed by atoms with Gasteiger partial charge in [-0.2, -0.15) is 5.26 Å². The molecule has 160 valence electrons. The molecule has 5 rings (SSSR count). The second kappa shape index (κ2) is 8.31. The van der Waals surface area contributed by atoms with Crippen molar-refractivity contribution in [3.05, 3.63) is 77.9 Å². The predicted octanol–water partition coefficient (Wildman–Crippen LogP) is 4.25. The number of hydrogen-bond donors (Lipinski definition) is 0. The maximum absolute atomic E-state index is 13.4. The largest absolute Gasteiger partial charge is 0.489 e. The molecule has 32 heavy (non-hydrogen) atoms. The summed E-state index contributed by atoms with van der Waals surface area (Å²) >= 11 is 0. The van der Waals surface area contributed by atoms with Gasteiger partial charge in [0.05, 0.1) is 24.4 Å². The molecule has 1 saturated heterocycles. The number of anilines is 1. The Morgan fingerprint density at radius 2 is 2.00 bits per heavy atom. The number of nitriles is 1. The third kappa shape index (κ3) is 3.76. The molecule has 0 atom stereocenters. The summed E-state index contributed by atoms with van der Waals surface area (Å²) in [7, 11) is 0. The maximum atomic E-state index is 13.4. The minimum absolute atomic E-state index is 0.0659. The quantitative estimate of drug-likeness (QED) is 0.625. The summed E-state index contributed by atoms with van der Waals surface area (Å²) in [5.41, 5.74) is 3.85. The highest BCUT2D eigenvalue weighted by Gasteiger charge is 2.36. The van der Waals surface area contributed by atoms with Crippen molar-refractivity contribution in [2.45, 2.75) is 6.42 Å². The molecule has 2 amide bonds. The van der Waals surface area contributed by atoms with Crippen LogP contribution in [0.1, 0.15) is 11.1 Å². The van der Waals surface area contributed by atoms with E-state index in [1.54, 1.807) is 41.6 Å². The van der Waals surface area contributed by atoms with Crippen molar-refractivity contribution in [1.82, 2.24) is 9.88 Å². The number of amides is 2. The zero-order valence-electron chi connectivity index (χ0n) is 17.4. The highest BCUT2D eigenvalue weighted by atomic mass is 19.1. The van der Waals surface area contributed by atoms with Crippen molar-refractivity contribution in [1.29, 1.82) is 5.26 Å². The summed E-state index contributed by atoms with van der Waals surface area (Å²) in [6, 6.07) is 15.9. The highest BCUT2D eigenvalue weighted by molar-refractivity contribution is 5.96. The number of halogens is 1. The number of nitrogens with zero attached hydrogens (tertiary/aromatic N) is 4. The fourth-order valence-electron chi connectivity index (χ4n) is 4.29. The molecule has 2 aromatic carbocycles. The fourth-order valence-corrected chi connectivity index (χ4v) is 4.29. The van der Waals surface area contributed by atoms with Crippen LogP contribution in [-0.2, 0) is 6.42 Å². The van der Waals surface area contributed by atoms with E-state index in [1.165, 1.54) is 6.07 Å². The number of urea groups is 1. The van der Waals surface area contributed by atoms with Gasteiger partial charge in [-0.1, -0.05) is 24.3 Å². The smallest absolute Gasteiger partial charge is 0.324 e. The lowest BCUT2D eigenvalue weighted by Gasteiger charge is -2.43. The molecule has 0 N–H and O–H groups in total. The number of pyridine rings is 1. The Kier molecular flexibility index (Phi) is 5.20. The molecule has 1 aromatic heterocycles. The Hall–Kier alpha value is -3.92. The number of benzene rings is 2. The van der Waals surface area contributed by atoms with E-state index in [1.807, 2.05) is 23.1 Å². The first-order valence-electron chi connectivity index (χ1n) is 10.5. The molecule has 1 fully saturated rings. The summed E-state index contributed by atoms with van der Waals surface area (Å²) in [5, 5.41) is 9.03. The molecular weight excluding hydrogens is 407 g/mol. The molecule has 0 radical (unpaired) electrons. The minimum atomic E-state index is -0.231. The number of hydrogen-bond acceptors (Lipinski definition) is 4. The number of aromatic nitrogens is 1. The second-order valence-corrected chi connectivity index (χ2v) is 8.11. The van der Waals surface area contributed by atoms with Gasteiger partial charge in [0.1, 0.15) is 18.1 Å². The SMILES string of the molecule is N#Cc1ccc(-c2cncc3c2OCCN3C(=O)N2CC(Cc3cccc(F)c3)C2)cc1. The van der Waals surface area contributed by atoms with Gasteiger partial charge in [-0.05, 0) is 47.7 Å². The van der Waals surface area contributed by atoms with Gasteiger partial charge in [0.25, 0.3) is 0 Å². The van der Waals surface area contributed by atoms with Crippen molar-refractivity contribution < 1.29 is 13.9 Å². The summed E-state index contributed by atoms with van der Waals surface area (Å²) in [6.45, 7) is 2.14. The van der Waals surface area contributed by atoms with Crippen LogP contribution >= 0.6 is 0 Å². The number of likely N-dealkylation sites (tertiary alicyclic amines) is 1. The fraction of sp³-hybridized carbons (Fsp3) is 0.240. The van der Waals surface area contributed by atoms with Crippen LogP contribution in [0.3, 0.4) is 0 Å². The first kappa shape index (κ1) is 20.0. The van der Waals surface area contributed by atoms with Crippen LogP contribution in [-0.4, -0.2) is 42.2 Å². The minimum Gasteiger partial charge on any atom is -0.489 e. The van der Waals surface area contributed by atoms with Crippen LogP contribution in [0.2, 0.25) is 0 Å². The third-order valence-corrected chi connectivity index (χ3v) is 5.93. The van der Waals surface area contributed by atoms with Crippen LogP contribution < -0.4 is 9.64 Å². The normalized spacial score (nSPS) is 15.4. The molecule has 0 unspecified atom stereocenters. The zero-order valence-corrected chi connectivity index (χ0v) is 17.4. The van der Waals surface area contributed by atoms with Crippen LogP contribution in [0.4, 0.5) is 14.9 Å². The first-order chi connectivity index (χ1) is 15.6. The lowest BCUT2D eigenvalue weighted by Crippen LogP contribution is -2.56. The van der Waals surface area contributed by atoms with Gasteiger partial charge in [0, 0.05) is 24.8 Å². The van der Waals surface area contributed by atoms with Gasteiger partial charge in [-0.25, -0.2) is 9.18 Å². The number of rotatable bonds is 3. The first-order valence-corrected chi connectivity index (χ1v) is 10.5. The Morgan fingerprint density at radius 3 is 2.75 bits per heavy atom. The molecule has 3 aromatic rings. The Morgan fingerprint density at radius 1 is 1.19 bits per heavy atom. The lowest BCUT2D eigenvalue weighted by atomic mass is 9.92. The molecule has 2 aliphatic rings. The molecule has 3 heterocycles. The highest BCUT2D eigenvalue weighted by Crippen LogP contribution is 2.40. The predicted molar refractivity (Wildman–Crippen MR) is 118 cm³/mol. The van der Waals surface area contributed by atoms with Crippen molar-refractivity contribution in [2.75, 3.05) is 31.1 Å². The number of fused-ring (bicyclic) bond motifs is 1. The van der Waals surface area contributed by atoms with Crippen molar-refractivity contribution in [3.63, 3.8) is 0 Å². The van der Waals surface area contributed by atoms with E-state index in [0.29, 0.717) is 49.2 Å². The van der Waals surface area contributed by atoms with Gasteiger partial charge < -0.3 is 9.64 Å². The summed E-state index contributed by atoms with van der Waals surface area (Å²) in [4.78, 5) is 21.1. The molecule has 7 heteroatoms. The molecule has 0 saturated carbocycles. The van der Waals surface area contributed by atoms with E-state index in [-0.39, 0.29) is 11.8 Å². The maximum Gasteiger partial charge on any atom is 0.324 e. The van der Waals surface area contributed by atoms with E-state index < -0.39 is 0 Å². The van der Waals surface area contributed by atoms with E-state index in [9.17, 15) is 9.18 Å². The van der Waals surface area contributed by atoms with Crippen LogP contribution in [0.25, 0.3) is 11.1 Å². The number of carbonyl (C=O) groups excluding carboxylic acids is 1. The Balaban J connectivity index is 1.31. The average Bonchev–Trinajstić information content (AvgIpc) is 2.80. The van der Waals surface area contributed by atoms with Gasteiger partial charge in [-0.15, -0.1) is 0 Å². The lowest BCUT2D eigenvalue weighted by molar-refractivity contribution is 0.124. The van der Waals surface area contributed by atoms with Crippen LogP contribution in [0.5, 0.6) is 5.75 Å². The molecule has 0 aliphatic carbocycles. The average molecular weight is 428 g/mol. The monoisotopic (exact) mass is 428 g/mol. The molecule has 0 spiro atoms. The van der Waals surface area contributed by atoms with Gasteiger partial charge in [0.2, 0.25) is 0 Å². The summed E-state index contributed by atoms with van der Waals surface area (Å²) in [5.74, 6) is 0.718. The van der Waals surface area contributed by atoms with Crippen molar-refractivity contribution in [2.24, 2.45) is 5.92 Å².